The van der Waals surface area contributed by atoms with Crippen LogP contribution in [0.25, 0.3) is 0 Å². The predicted molar refractivity (Wildman–Crippen MR) is 82.7 cm³/mol. The number of halogens is 2. The largest absolute Gasteiger partial charge is 0.396 e. The molecule has 0 fully saturated rings. The molecule has 5 nitrogen and oxygen atoms in total. The zero-order valence-electron chi connectivity index (χ0n) is 13.7. The van der Waals surface area contributed by atoms with E-state index >= 15 is 0 Å². The van der Waals surface area contributed by atoms with Crippen molar-refractivity contribution in [1.29, 1.82) is 0 Å². The van der Waals surface area contributed by atoms with Crippen LogP contribution in [0.1, 0.15) is 32.8 Å². The minimum absolute atomic E-state index is 0.0225. The van der Waals surface area contributed by atoms with Gasteiger partial charge in [0.05, 0.1) is 13.2 Å². The third-order valence-electron chi connectivity index (χ3n) is 3.15. The quantitative estimate of drug-likeness (QED) is 0.795. The van der Waals surface area contributed by atoms with E-state index in [4.69, 9.17) is 9.84 Å². The van der Waals surface area contributed by atoms with Crippen molar-refractivity contribution in [2.45, 2.75) is 39.3 Å². The first-order chi connectivity index (χ1) is 11.0. The fraction of sp³-hybridized carbons (Fsp3) is 0.500. The van der Waals surface area contributed by atoms with Gasteiger partial charge in [0, 0.05) is 18.2 Å². The van der Waals surface area contributed by atoms with Crippen LogP contribution < -0.4 is 0 Å². The van der Waals surface area contributed by atoms with Gasteiger partial charge < -0.3 is 9.84 Å². The maximum absolute atomic E-state index is 14.1. The van der Waals surface area contributed by atoms with Crippen LogP contribution in [0.4, 0.5) is 8.78 Å². The summed E-state index contributed by atoms with van der Waals surface area (Å²) in [7, 11) is 0. The maximum Gasteiger partial charge on any atom is 0.137 e. The van der Waals surface area contributed by atoms with E-state index in [0.717, 1.165) is 6.07 Å². The lowest BCUT2D eigenvalue weighted by molar-refractivity contribution is -0.0573. The summed E-state index contributed by atoms with van der Waals surface area (Å²) in [5.41, 5.74) is -0.807. The Bertz CT molecular complexity index is 579. The average molecular weight is 327 g/mol. The van der Waals surface area contributed by atoms with Crippen molar-refractivity contribution in [2.24, 2.45) is 0 Å². The van der Waals surface area contributed by atoms with Crippen molar-refractivity contribution in [3.8, 4) is 0 Å². The Balaban J connectivity index is 0.00000127. The van der Waals surface area contributed by atoms with Gasteiger partial charge in [-0.3, -0.25) is 0 Å². The molecule has 0 unspecified atom stereocenters. The van der Waals surface area contributed by atoms with Gasteiger partial charge in [-0.2, -0.15) is 5.10 Å². The van der Waals surface area contributed by atoms with E-state index in [1.165, 1.54) is 29.5 Å². The smallest absolute Gasteiger partial charge is 0.137 e. The van der Waals surface area contributed by atoms with E-state index in [1.54, 1.807) is 6.92 Å². The lowest BCUT2D eigenvalue weighted by Gasteiger charge is -2.30. The first-order valence-electron chi connectivity index (χ1n) is 7.58. The number of aliphatic hydroxyl groups is 1. The molecule has 0 saturated carbocycles. The molecule has 0 aliphatic carbocycles. The number of hydrogen-bond acceptors (Lipinski definition) is 4. The highest BCUT2D eigenvalue weighted by atomic mass is 19.1. The van der Waals surface area contributed by atoms with Gasteiger partial charge in [0.25, 0.3) is 0 Å². The minimum atomic E-state index is -1.04. The third-order valence-corrected chi connectivity index (χ3v) is 3.15. The fourth-order valence-corrected chi connectivity index (χ4v) is 2.11. The molecule has 0 radical (unpaired) electrons. The molecule has 1 atom stereocenters. The summed E-state index contributed by atoms with van der Waals surface area (Å²) in [5, 5.41) is 12.8. The summed E-state index contributed by atoms with van der Waals surface area (Å²) >= 11 is 0. The van der Waals surface area contributed by atoms with Crippen LogP contribution >= 0.6 is 0 Å². The van der Waals surface area contributed by atoms with Gasteiger partial charge >= 0.3 is 0 Å². The Labute approximate surface area is 134 Å². The lowest BCUT2D eigenvalue weighted by Crippen LogP contribution is -2.33. The zero-order chi connectivity index (χ0) is 17.3. The van der Waals surface area contributed by atoms with Gasteiger partial charge in [-0.15, -0.1) is 0 Å². The van der Waals surface area contributed by atoms with Crippen molar-refractivity contribution in [2.75, 3.05) is 13.2 Å². The van der Waals surface area contributed by atoms with Crippen LogP contribution in [0.15, 0.2) is 30.9 Å². The maximum atomic E-state index is 14.1. The Morgan fingerprint density at radius 2 is 2.04 bits per heavy atom. The molecular weight excluding hydrogens is 304 g/mol. The monoisotopic (exact) mass is 327 g/mol. The number of benzene rings is 1. The Morgan fingerprint density at radius 3 is 2.61 bits per heavy atom. The number of aromatic nitrogens is 3. The summed E-state index contributed by atoms with van der Waals surface area (Å²) in [4.78, 5) is 3.84. The van der Waals surface area contributed by atoms with Gasteiger partial charge in [0.2, 0.25) is 0 Å². The standard InChI is InChI=1S/C14H17F2N3O2.C2H6/c1-14(21-6-2-5-20,8-19-10-17-9-18-19)12-4-3-11(15)7-13(12)16;1-2/h3-4,7,9-10,20H,2,5-6,8H2,1H3;1-2H3/t14-;/m1./s1. The summed E-state index contributed by atoms with van der Waals surface area (Å²) in [6.07, 6.45) is 3.29. The highest BCUT2D eigenvalue weighted by molar-refractivity contribution is 5.24. The molecule has 128 valence electrons. The van der Waals surface area contributed by atoms with Crippen LogP contribution in [0, 0.1) is 11.6 Å². The van der Waals surface area contributed by atoms with Gasteiger partial charge in [0.1, 0.15) is 29.9 Å². The molecule has 0 aliphatic rings. The molecule has 23 heavy (non-hydrogen) atoms. The normalized spacial score (nSPS) is 13.1. The van der Waals surface area contributed by atoms with Crippen LogP contribution in [0.3, 0.4) is 0 Å². The van der Waals surface area contributed by atoms with E-state index in [0.29, 0.717) is 6.42 Å². The minimum Gasteiger partial charge on any atom is -0.396 e. The molecule has 0 spiro atoms. The topological polar surface area (TPSA) is 60.2 Å². The first-order valence-corrected chi connectivity index (χ1v) is 7.58. The Hall–Kier alpha value is -1.86. The molecule has 1 aromatic carbocycles. The predicted octanol–water partition coefficient (Wildman–Crippen LogP) is 2.90. The highest BCUT2D eigenvalue weighted by Crippen LogP contribution is 2.30. The highest BCUT2D eigenvalue weighted by Gasteiger charge is 2.31. The zero-order valence-corrected chi connectivity index (χ0v) is 13.7. The van der Waals surface area contributed by atoms with Gasteiger partial charge in [-0.1, -0.05) is 19.9 Å². The number of hydrogen-bond donors (Lipinski definition) is 1. The first kappa shape index (κ1) is 19.2. The van der Waals surface area contributed by atoms with Crippen molar-refractivity contribution < 1.29 is 18.6 Å². The molecule has 0 saturated heterocycles. The van der Waals surface area contributed by atoms with Crippen LogP contribution in [-0.2, 0) is 16.9 Å². The number of ether oxygens (including phenoxy) is 1. The molecule has 2 rings (SSSR count). The molecule has 0 bridgehead atoms. The van der Waals surface area contributed by atoms with Crippen LogP contribution in [0.5, 0.6) is 0 Å². The molecule has 2 aromatic rings. The van der Waals surface area contributed by atoms with E-state index < -0.39 is 17.2 Å². The molecule has 1 N–H and O–H groups in total. The average Bonchev–Trinajstić information content (AvgIpc) is 3.02. The van der Waals surface area contributed by atoms with Gasteiger partial charge in [0.15, 0.2) is 0 Å². The Kier molecular flexibility index (Phi) is 7.77. The number of nitrogens with zero attached hydrogens (tertiary/aromatic N) is 3. The fourth-order valence-electron chi connectivity index (χ4n) is 2.11. The SMILES string of the molecule is CC.C[C@](Cn1cncn1)(OCCCO)c1ccc(F)cc1F. The third kappa shape index (κ3) is 5.37. The van der Waals surface area contributed by atoms with Crippen LogP contribution in [-0.4, -0.2) is 33.1 Å². The molecule has 0 aliphatic heterocycles. The molecule has 1 aromatic heterocycles. The summed E-state index contributed by atoms with van der Waals surface area (Å²) in [6, 6.07) is 3.37. The van der Waals surface area contributed by atoms with E-state index in [2.05, 4.69) is 10.1 Å². The Morgan fingerprint density at radius 1 is 1.30 bits per heavy atom. The molecule has 1 heterocycles. The van der Waals surface area contributed by atoms with Crippen molar-refractivity contribution in [1.82, 2.24) is 14.8 Å². The number of rotatable bonds is 7. The second kappa shape index (κ2) is 9.32. The second-order valence-corrected chi connectivity index (χ2v) is 4.87. The van der Waals surface area contributed by atoms with Gasteiger partial charge in [-0.25, -0.2) is 18.4 Å². The summed E-state index contributed by atoms with van der Waals surface area (Å²) in [5.74, 6) is -1.32. The van der Waals surface area contributed by atoms with Crippen molar-refractivity contribution in [3.63, 3.8) is 0 Å². The second-order valence-electron chi connectivity index (χ2n) is 4.87. The lowest BCUT2D eigenvalue weighted by atomic mass is 9.95. The van der Waals surface area contributed by atoms with E-state index in [1.807, 2.05) is 13.8 Å². The summed E-state index contributed by atoms with van der Waals surface area (Å²) in [6.45, 7) is 6.15. The van der Waals surface area contributed by atoms with Crippen molar-refractivity contribution >= 4 is 0 Å². The molecule has 7 heteroatoms. The van der Waals surface area contributed by atoms with E-state index in [-0.39, 0.29) is 25.3 Å². The molecule has 0 amide bonds. The van der Waals surface area contributed by atoms with Gasteiger partial charge in [-0.05, 0) is 19.4 Å². The molecular formula is C16H23F2N3O2. The summed E-state index contributed by atoms with van der Waals surface area (Å²) < 4.78 is 34.4. The van der Waals surface area contributed by atoms with Crippen molar-refractivity contribution in [3.05, 3.63) is 48.1 Å². The number of aliphatic hydroxyl groups excluding tert-OH is 1. The van der Waals surface area contributed by atoms with Crippen LogP contribution in [0.2, 0.25) is 0 Å². The van der Waals surface area contributed by atoms with E-state index in [9.17, 15) is 8.78 Å².